The van der Waals surface area contributed by atoms with Crippen molar-refractivity contribution in [2.45, 2.75) is 225 Å². The van der Waals surface area contributed by atoms with Gasteiger partial charge in [0.25, 0.3) is 0 Å². The highest BCUT2D eigenvalue weighted by Gasteiger charge is 2.14. The number of carbonyl (C=O) groups is 2. The molecule has 0 spiro atoms. The number of carboxylic acid groups (broad SMARTS) is 1. The molecule has 0 aromatic heterocycles. The van der Waals surface area contributed by atoms with E-state index >= 15 is 0 Å². The lowest BCUT2D eigenvalue weighted by Crippen LogP contribution is -2.18. The Morgan fingerprint density at radius 2 is 0.732 bits per heavy atom. The van der Waals surface area contributed by atoms with Gasteiger partial charge in [0, 0.05) is 12.8 Å². The maximum Gasteiger partial charge on any atom is 0.306 e. The average Bonchev–Trinajstić information content (AvgIpc) is 2.95. The first-order valence-electron chi connectivity index (χ1n) is 18.5. The SMILES string of the molecule is CCCCCCCCCCCCCCCCC(=O)OC(CCCCCC)CCCCCCCCCCCCC(=O)O. The van der Waals surface area contributed by atoms with E-state index in [0.717, 1.165) is 44.9 Å². The summed E-state index contributed by atoms with van der Waals surface area (Å²) in [5.74, 6) is -0.638. The fraction of sp³-hybridized carbons (Fsp3) is 0.946. The van der Waals surface area contributed by atoms with Crippen LogP contribution in [-0.2, 0) is 14.3 Å². The van der Waals surface area contributed by atoms with E-state index in [1.807, 2.05) is 0 Å². The van der Waals surface area contributed by atoms with E-state index in [4.69, 9.17) is 9.84 Å². The van der Waals surface area contributed by atoms with Crippen LogP contribution in [0.5, 0.6) is 0 Å². The van der Waals surface area contributed by atoms with Gasteiger partial charge in [0.2, 0.25) is 0 Å². The zero-order valence-corrected chi connectivity index (χ0v) is 27.9. The molecule has 1 atom stereocenters. The summed E-state index contributed by atoms with van der Waals surface area (Å²) in [4.78, 5) is 23.1. The van der Waals surface area contributed by atoms with Crippen molar-refractivity contribution in [2.75, 3.05) is 0 Å². The molecule has 0 saturated carbocycles. The van der Waals surface area contributed by atoms with Gasteiger partial charge in [-0.3, -0.25) is 9.59 Å². The number of esters is 1. The zero-order chi connectivity index (χ0) is 30.1. The van der Waals surface area contributed by atoms with Gasteiger partial charge in [-0.1, -0.05) is 168 Å². The lowest BCUT2D eigenvalue weighted by atomic mass is 10.0. The molecule has 244 valence electrons. The lowest BCUT2D eigenvalue weighted by Gasteiger charge is -2.18. The van der Waals surface area contributed by atoms with Gasteiger partial charge in [0.15, 0.2) is 0 Å². The second-order valence-electron chi connectivity index (χ2n) is 12.8. The number of rotatable bonds is 34. The van der Waals surface area contributed by atoms with E-state index in [2.05, 4.69) is 13.8 Å². The lowest BCUT2D eigenvalue weighted by molar-refractivity contribution is -0.150. The van der Waals surface area contributed by atoms with Crippen LogP contribution >= 0.6 is 0 Å². The minimum Gasteiger partial charge on any atom is -0.481 e. The van der Waals surface area contributed by atoms with E-state index in [1.165, 1.54) is 148 Å². The van der Waals surface area contributed by atoms with E-state index in [0.29, 0.717) is 12.8 Å². The number of hydrogen-bond donors (Lipinski definition) is 1. The molecule has 0 heterocycles. The Morgan fingerprint density at radius 3 is 1.10 bits per heavy atom. The van der Waals surface area contributed by atoms with Gasteiger partial charge < -0.3 is 9.84 Å². The summed E-state index contributed by atoms with van der Waals surface area (Å²) in [6, 6.07) is 0. The molecule has 0 radical (unpaired) electrons. The summed E-state index contributed by atoms with van der Waals surface area (Å²) in [7, 11) is 0. The van der Waals surface area contributed by atoms with Crippen molar-refractivity contribution in [1.82, 2.24) is 0 Å². The molecule has 0 bridgehead atoms. The molecule has 0 aliphatic heterocycles. The van der Waals surface area contributed by atoms with Crippen LogP contribution in [0.1, 0.15) is 219 Å². The molecule has 0 amide bonds. The highest BCUT2D eigenvalue weighted by Crippen LogP contribution is 2.19. The fourth-order valence-corrected chi connectivity index (χ4v) is 5.83. The number of aliphatic carboxylic acids is 1. The highest BCUT2D eigenvalue weighted by molar-refractivity contribution is 5.69. The van der Waals surface area contributed by atoms with Crippen molar-refractivity contribution in [2.24, 2.45) is 0 Å². The number of unbranched alkanes of at least 4 members (excludes halogenated alkanes) is 25. The zero-order valence-electron chi connectivity index (χ0n) is 27.9. The molecule has 0 rings (SSSR count). The third kappa shape index (κ3) is 33.3. The smallest absolute Gasteiger partial charge is 0.306 e. The predicted octanol–water partition coefficient (Wildman–Crippen LogP) is 12.5. The summed E-state index contributed by atoms with van der Waals surface area (Å²) in [6.45, 7) is 4.53. The molecule has 0 saturated heterocycles. The van der Waals surface area contributed by atoms with Gasteiger partial charge in [0.1, 0.15) is 6.10 Å². The Balaban J connectivity index is 3.78. The molecule has 4 nitrogen and oxygen atoms in total. The molecular formula is C37H72O4. The fourth-order valence-electron chi connectivity index (χ4n) is 5.83. The van der Waals surface area contributed by atoms with Crippen LogP contribution in [-0.4, -0.2) is 23.1 Å². The molecular weight excluding hydrogens is 508 g/mol. The molecule has 0 aromatic rings. The van der Waals surface area contributed by atoms with Crippen LogP contribution in [0.25, 0.3) is 0 Å². The quantitative estimate of drug-likeness (QED) is 0.0607. The van der Waals surface area contributed by atoms with Crippen LogP contribution in [0.15, 0.2) is 0 Å². The Morgan fingerprint density at radius 1 is 0.439 bits per heavy atom. The highest BCUT2D eigenvalue weighted by atomic mass is 16.5. The number of carboxylic acids is 1. The van der Waals surface area contributed by atoms with Crippen molar-refractivity contribution in [1.29, 1.82) is 0 Å². The van der Waals surface area contributed by atoms with Crippen LogP contribution in [0, 0.1) is 0 Å². The van der Waals surface area contributed by atoms with E-state index in [-0.39, 0.29) is 12.1 Å². The van der Waals surface area contributed by atoms with Crippen molar-refractivity contribution < 1.29 is 19.4 Å². The van der Waals surface area contributed by atoms with Crippen molar-refractivity contribution in [3.05, 3.63) is 0 Å². The number of ether oxygens (including phenoxy) is 1. The second kappa shape index (κ2) is 33.4. The van der Waals surface area contributed by atoms with Gasteiger partial charge in [-0.15, -0.1) is 0 Å². The van der Waals surface area contributed by atoms with E-state index in [1.54, 1.807) is 0 Å². The Labute approximate surface area is 256 Å². The summed E-state index contributed by atoms with van der Waals surface area (Å²) in [5, 5.41) is 8.68. The Kier molecular flexibility index (Phi) is 32.6. The van der Waals surface area contributed by atoms with Crippen LogP contribution < -0.4 is 0 Å². The number of hydrogen-bond acceptors (Lipinski definition) is 3. The monoisotopic (exact) mass is 581 g/mol. The topological polar surface area (TPSA) is 63.6 Å². The first-order valence-corrected chi connectivity index (χ1v) is 18.5. The maximum absolute atomic E-state index is 12.5. The average molecular weight is 581 g/mol. The van der Waals surface area contributed by atoms with Crippen LogP contribution in [0.3, 0.4) is 0 Å². The predicted molar refractivity (Wildman–Crippen MR) is 177 cm³/mol. The molecule has 0 aliphatic rings. The molecule has 0 fully saturated rings. The molecule has 0 aliphatic carbocycles. The Hall–Kier alpha value is -1.06. The van der Waals surface area contributed by atoms with Gasteiger partial charge in [0.05, 0.1) is 0 Å². The first kappa shape index (κ1) is 39.9. The summed E-state index contributed by atoms with van der Waals surface area (Å²) < 4.78 is 5.98. The van der Waals surface area contributed by atoms with Gasteiger partial charge >= 0.3 is 11.9 Å². The third-order valence-electron chi connectivity index (χ3n) is 8.58. The summed E-state index contributed by atoms with van der Waals surface area (Å²) >= 11 is 0. The standard InChI is InChI=1S/C37H72O4/c1-3-5-7-9-10-11-12-13-14-15-20-23-26-30-34-37(40)41-35(31-27-8-6-4-2)32-28-24-21-18-16-17-19-22-25-29-33-36(38)39/h35H,3-34H2,1-2H3,(H,38,39). The molecule has 0 aromatic carbocycles. The normalized spacial score (nSPS) is 12.0. The van der Waals surface area contributed by atoms with Crippen LogP contribution in [0.4, 0.5) is 0 Å². The van der Waals surface area contributed by atoms with Gasteiger partial charge in [-0.2, -0.15) is 0 Å². The van der Waals surface area contributed by atoms with E-state index in [9.17, 15) is 9.59 Å². The van der Waals surface area contributed by atoms with E-state index < -0.39 is 5.97 Å². The van der Waals surface area contributed by atoms with Gasteiger partial charge in [-0.25, -0.2) is 0 Å². The van der Waals surface area contributed by atoms with Crippen molar-refractivity contribution in [3.8, 4) is 0 Å². The number of carbonyl (C=O) groups excluding carboxylic acids is 1. The largest absolute Gasteiger partial charge is 0.481 e. The molecule has 4 heteroatoms. The molecule has 41 heavy (non-hydrogen) atoms. The first-order chi connectivity index (χ1) is 20.1. The van der Waals surface area contributed by atoms with Crippen molar-refractivity contribution in [3.63, 3.8) is 0 Å². The molecule has 1 unspecified atom stereocenters. The minimum absolute atomic E-state index is 0.0350. The minimum atomic E-state index is -0.673. The molecule has 1 N–H and O–H groups in total. The third-order valence-corrected chi connectivity index (χ3v) is 8.58. The van der Waals surface area contributed by atoms with Gasteiger partial charge in [-0.05, 0) is 38.5 Å². The second-order valence-corrected chi connectivity index (χ2v) is 12.8. The van der Waals surface area contributed by atoms with Crippen LogP contribution in [0.2, 0.25) is 0 Å². The summed E-state index contributed by atoms with van der Waals surface area (Å²) in [5.41, 5.74) is 0. The van der Waals surface area contributed by atoms with Crippen molar-refractivity contribution >= 4 is 11.9 Å². The summed E-state index contributed by atoms with van der Waals surface area (Å²) in [6.07, 6.45) is 38.5. The Bertz CT molecular complexity index is 547. The maximum atomic E-state index is 12.5.